The third kappa shape index (κ3) is 5.87. The van der Waals surface area contributed by atoms with E-state index in [0.717, 1.165) is 18.3 Å². The number of guanidine groups is 1. The molecule has 0 radical (unpaired) electrons. The van der Waals surface area contributed by atoms with Crippen molar-refractivity contribution in [2.24, 2.45) is 16.8 Å². The lowest BCUT2D eigenvalue weighted by molar-refractivity contribution is 0.297. The highest BCUT2D eigenvalue weighted by Crippen LogP contribution is 2.26. The Balaban J connectivity index is 1.58. The van der Waals surface area contributed by atoms with Gasteiger partial charge in [-0.2, -0.15) is 0 Å². The molecule has 2 saturated carbocycles. The number of hydrogen-bond acceptors (Lipinski definition) is 3. The Hall–Kier alpha value is -0.780. The Labute approximate surface area is 153 Å². The van der Waals surface area contributed by atoms with E-state index in [1.54, 1.807) is 0 Å². The zero-order chi connectivity index (χ0) is 17.7. The minimum atomic E-state index is -2.81. The second-order valence-corrected chi connectivity index (χ2v) is 10.6. The van der Waals surface area contributed by atoms with Crippen molar-refractivity contribution < 1.29 is 8.42 Å². The summed E-state index contributed by atoms with van der Waals surface area (Å²) in [5.74, 6) is 2.61. The highest BCUT2D eigenvalue weighted by Gasteiger charge is 2.28. The third-order valence-electron chi connectivity index (χ3n) is 6.23. The molecule has 2 aliphatic carbocycles. The molecule has 0 spiro atoms. The van der Waals surface area contributed by atoms with Crippen molar-refractivity contribution in [3.8, 4) is 0 Å². The first-order chi connectivity index (χ1) is 12.0. The van der Waals surface area contributed by atoms with Gasteiger partial charge >= 0.3 is 0 Å². The maximum absolute atomic E-state index is 11.7. The topological polar surface area (TPSA) is 70.6 Å². The van der Waals surface area contributed by atoms with Crippen LogP contribution in [0.15, 0.2) is 4.99 Å². The van der Waals surface area contributed by atoms with E-state index in [-0.39, 0.29) is 5.92 Å². The fourth-order valence-corrected chi connectivity index (χ4v) is 6.47. The van der Waals surface area contributed by atoms with Crippen molar-refractivity contribution >= 4 is 15.8 Å². The van der Waals surface area contributed by atoms with E-state index in [1.807, 2.05) is 0 Å². The molecule has 0 bridgehead atoms. The average Bonchev–Trinajstić information content (AvgIpc) is 3.22. The lowest BCUT2D eigenvalue weighted by Gasteiger charge is -2.31. The predicted molar refractivity (Wildman–Crippen MR) is 104 cm³/mol. The minimum Gasteiger partial charge on any atom is -0.354 e. The van der Waals surface area contributed by atoms with Crippen molar-refractivity contribution in [3.63, 3.8) is 0 Å². The number of rotatable bonds is 5. The smallest absolute Gasteiger partial charge is 0.191 e. The molecule has 0 aromatic heterocycles. The summed E-state index contributed by atoms with van der Waals surface area (Å²) >= 11 is 0. The molecule has 0 aromatic carbocycles. The molecule has 3 unspecified atom stereocenters. The van der Waals surface area contributed by atoms with E-state index in [9.17, 15) is 8.42 Å². The molecule has 6 heteroatoms. The van der Waals surface area contributed by atoms with Gasteiger partial charge in [0.15, 0.2) is 15.8 Å². The normalized spacial score (nSPS) is 33.5. The van der Waals surface area contributed by atoms with Crippen LogP contribution in [0.1, 0.15) is 71.1 Å². The van der Waals surface area contributed by atoms with Gasteiger partial charge in [-0.05, 0) is 43.9 Å². The average molecular weight is 370 g/mol. The molecule has 0 amide bonds. The molecule has 3 aliphatic rings. The van der Waals surface area contributed by atoms with Gasteiger partial charge < -0.3 is 10.6 Å². The molecule has 3 fully saturated rings. The number of hydrogen-bond donors (Lipinski definition) is 2. The standard InChI is InChI=1S/C19H35N3O2S/c1-2-15-6-5-9-18(12-15)22-19(21-17-7-3-4-8-17)20-13-16-10-11-25(23,24)14-16/h15-18H,2-14H2,1H3,(H2,20,21,22). The summed E-state index contributed by atoms with van der Waals surface area (Å²) in [6.45, 7) is 2.92. The molecular weight excluding hydrogens is 334 g/mol. The summed E-state index contributed by atoms with van der Waals surface area (Å²) in [7, 11) is -2.81. The van der Waals surface area contributed by atoms with E-state index in [4.69, 9.17) is 4.99 Å². The second-order valence-electron chi connectivity index (χ2n) is 8.37. The first-order valence-corrected chi connectivity index (χ1v) is 12.1. The van der Waals surface area contributed by atoms with Crippen LogP contribution in [0.4, 0.5) is 0 Å². The zero-order valence-corrected chi connectivity index (χ0v) is 16.5. The Morgan fingerprint density at radius 3 is 2.36 bits per heavy atom. The SMILES string of the molecule is CCC1CCCC(NC(=NCC2CCS(=O)(=O)C2)NC2CCCC2)C1. The molecule has 3 atom stereocenters. The van der Waals surface area contributed by atoms with E-state index in [1.165, 1.54) is 57.8 Å². The van der Waals surface area contributed by atoms with E-state index in [0.29, 0.717) is 30.1 Å². The van der Waals surface area contributed by atoms with Crippen LogP contribution in [-0.2, 0) is 9.84 Å². The van der Waals surface area contributed by atoms with Crippen molar-refractivity contribution in [2.45, 2.75) is 83.2 Å². The molecule has 1 heterocycles. The molecular formula is C19H35N3O2S. The van der Waals surface area contributed by atoms with Crippen molar-refractivity contribution in [1.82, 2.24) is 10.6 Å². The van der Waals surface area contributed by atoms with Gasteiger partial charge in [0.05, 0.1) is 11.5 Å². The van der Waals surface area contributed by atoms with Crippen LogP contribution in [0.5, 0.6) is 0 Å². The lowest BCUT2D eigenvalue weighted by Crippen LogP contribution is -2.48. The highest BCUT2D eigenvalue weighted by atomic mass is 32.2. The maximum atomic E-state index is 11.7. The first kappa shape index (κ1) is 19.0. The van der Waals surface area contributed by atoms with E-state index in [2.05, 4.69) is 17.6 Å². The van der Waals surface area contributed by atoms with Crippen LogP contribution in [0.3, 0.4) is 0 Å². The van der Waals surface area contributed by atoms with Crippen LogP contribution >= 0.6 is 0 Å². The third-order valence-corrected chi connectivity index (χ3v) is 8.07. The summed E-state index contributed by atoms with van der Waals surface area (Å²) in [5, 5.41) is 7.31. The van der Waals surface area contributed by atoms with Crippen LogP contribution in [0.25, 0.3) is 0 Å². The zero-order valence-electron chi connectivity index (χ0n) is 15.7. The van der Waals surface area contributed by atoms with E-state index >= 15 is 0 Å². The summed E-state index contributed by atoms with van der Waals surface area (Å²) in [4.78, 5) is 4.81. The molecule has 1 saturated heterocycles. The van der Waals surface area contributed by atoms with Crippen molar-refractivity contribution in [2.75, 3.05) is 18.1 Å². The van der Waals surface area contributed by atoms with Gasteiger partial charge in [-0.3, -0.25) is 4.99 Å². The summed E-state index contributed by atoms with van der Waals surface area (Å²) in [6.07, 6.45) is 12.2. The fraction of sp³-hybridized carbons (Fsp3) is 0.947. The molecule has 3 rings (SSSR count). The monoisotopic (exact) mass is 369 g/mol. The van der Waals surface area contributed by atoms with Gasteiger partial charge in [-0.1, -0.05) is 39.0 Å². The Morgan fingerprint density at radius 2 is 1.68 bits per heavy atom. The number of nitrogens with one attached hydrogen (secondary N) is 2. The Kier molecular flexibility index (Phi) is 6.64. The molecule has 5 nitrogen and oxygen atoms in total. The van der Waals surface area contributed by atoms with Gasteiger partial charge in [0.25, 0.3) is 0 Å². The lowest BCUT2D eigenvalue weighted by atomic mass is 9.84. The van der Waals surface area contributed by atoms with Crippen molar-refractivity contribution in [1.29, 1.82) is 0 Å². The largest absolute Gasteiger partial charge is 0.354 e. The van der Waals surface area contributed by atoms with Crippen LogP contribution in [0.2, 0.25) is 0 Å². The maximum Gasteiger partial charge on any atom is 0.191 e. The number of aliphatic imine (C=N–C) groups is 1. The molecule has 25 heavy (non-hydrogen) atoms. The van der Waals surface area contributed by atoms with Crippen LogP contribution in [0, 0.1) is 11.8 Å². The summed E-state index contributed by atoms with van der Waals surface area (Å²) < 4.78 is 23.3. The van der Waals surface area contributed by atoms with Gasteiger partial charge in [0.1, 0.15) is 0 Å². The van der Waals surface area contributed by atoms with Crippen LogP contribution in [-0.4, -0.2) is 44.5 Å². The van der Waals surface area contributed by atoms with Crippen LogP contribution < -0.4 is 10.6 Å². The van der Waals surface area contributed by atoms with Gasteiger partial charge in [-0.15, -0.1) is 0 Å². The predicted octanol–water partition coefficient (Wildman–Crippen LogP) is 2.87. The fourth-order valence-electron chi connectivity index (χ4n) is 4.62. The summed E-state index contributed by atoms with van der Waals surface area (Å²) in [5.41, 5.74) is 0. The molecule has 0 aromatic rings. The highest BCUT2D eigenvalue weighted by molar-refractivity contribution is 7.91. The minimum absolute atomic E-state index is 0.196. The van der Waals surface area contributed by atoms with Gasteiger partial charge in [0, 0.05) is 18.6 Å². The van der Waals surface area contributed by atoms with Gasteiger partial charge in [0.2, 0.25) is 0 Å². The first-order valence-electron chi connectivity index (χ1n) is 10.3. The summed E-state index contributed by atoms with van der Waals surface area (Å²) in [6, 6.07) is 1.04. The Bertz CT molecular complexity index is 555. The number of nitrogens with zero attached hydrogens (tertiary/aromatic N) is 1. The quantitative estimate of drug-likeness (QED) is 0.577. The van der Waals surface area contributed by atoms with E-state index < -0.39 is 9.84 Å². The second kappa shape index (κ2) is 8.74. The number of sulfone groups is 1. The molecule has 1 aliphatic heterocycles. The molecule has 144 valence electrons. The Morgan fingerprint density at radius 1 is 0.960 bits per heavy atom. The van der Waals surface area contributed by atoms with Gasteiger partial charge in [-0.25, -0.2) is 8.42 Å². The molecule has 2 N–H and O–H groups in total. The van der Waals surface area contributed by atoms with Crippen molar-refractivity contribution in [3.05, 3.63) is 0 Å².